The predicted molar refractivity (Wildman–Crippen MR) is 92.4 cm³/mol. The van der Waals surface area contributed by atoms with Crippen LogP contribution in [0.3, 0.4) is 0 Å². The number of nitrogens with zero attached hydrogens (tertiary/aromatic N) is 1. The molecule has 3 rings (SSSR count). The number of nitrogens with one attached hydrogen (secondary N) is 1. The van der Waals surface area contributed by atoms with Crippen LogP contribution in [0.15, 0.2) is 36.4 Å². The van der Waals surface area contributed by atoms with Crippen LogP contribution in [0.1, 0.15) is 37.1 Å². The van der Waals surface area contributed by atoms with Gasteiger partial charge in [-0.15, -0.1) is 0 Å². The third kappa shape index (κ3) is 3.04. The largest absolute Gasteiger partial charge is 0.469 e. The molecule has 1 aromatic carbocycles. The van der Waals surface area contributed by atoms with E-state index in [1.165, 1.54) is 23.6 Å². The minimum atomic E-state index is -0.173. The van der Waals surface area contributed by atoms with Gasteiger partial charge in [-0.25, -0.2) is 0 Å². The summed E-state index contributed by atoms with van der Waals surface area (Å²) in [6.07, 6.45) is 2.32. The van der Waals surface area contributed by atoms with Gasteiger partial charge in [0.25, 0.3) is 0 Å². The van der Waals surface area contributed by atoms with Gasteiger partial charge in [0, 0.05) is 29.7 Å². The van der Waals surface area contributed by atoms with E-state index in [0.717, 1.165) is 37.1 Å². The van der Waals surface area contributed by atoms with Gasteiger partial charge in [0.15, 0.2) is 0 Å². The predicted octanol–water partition coefficient (Wildman–Crippen LogP) is 3.60. The maximum absolute atomic E-state index is 11.9. The van der Waals surface area contributed by atoms with Gasteiger partial charge in [-0.1, -0.05) is 37.3 Å². The summed E-state index contributed by atoms with van der Waals surface area (Å²) >= 11 is 0. The first-order valence-electron chi connectivity index (χ1n) is 8.21. The summed E-state index contributed by atoms with van der Waals surface area (Å²) in [5.41, 5.74) is 4.84. The summed E-state index contributed by atoms with van der Waals surface area (Å²) in [5.74, 6) is -0.173. The number of ether oxygens (including phenoxy) is 1. The van der Waals surface area contributed by atoms with Crippen molar-refractivity contribution in [1.29, 1.82) is 0 Å². The Morgan fingerprint density at radius 2 is 2.22 bits per heavy atom. The van der Waals surface area contributed by atoms with Crippen molar-refractivity contribution in [2.24, 2.45) is 0 Å². The van der Waals surface area contributed by atoms with Gasteiger partial charge in [-0.3, -0.25) is 9.69 Å². The van der Waals surface area contributed by atoms with Crippen LogP contribution in [0, 0.1) is 0 Å². The summed E-state index contributed by atoms with van der Waals surface area (Å²) in [4.78, 5) is 17.8. The average Bonchev–Trinajstić information content (AvgIpc) is 2.95. The van der Waals surface area contributed by atoms with Gasteiger partial charge in [0.2, 0.25) is 0 Å². The third-order valence-corrected chi connectivity index (χ3v) is 4.78. The Hall–Kier alpha value is -2.07. The summed E-state index contributed by atoms with van der Waals surface area (Å²) < 4.78 is 4.92. The Balaban J connectivity index is 1.99. The molecule has 4 nitrogen and oxygen atoms in total. The number of fused-ring (bicyclic) bond motifs is 3. The van der Waals surface area contributed by atoms with Gasteiger partial charge in [-0.2, -0.15) is 0 Å². The Labute approximate surface area is 137 Å². The first kappa shape index (κ1) is 15.8. The highest BCUT2D eigenvalue weighted by Crippen LogP contribution is 2.36. The number of rotatable bonds is 5. The number of carbonyl (C=O) groups excluding carboxylic acids is 1. The summed E-state index contributed by atoms with van der Waals surface area (Å²) in [6.45, 7) is 8.02. The van der Waals surface area contributed by atoms with E-state index in [1.807, 2.05) is 6.07 Å². The molecule has 1 aliphatic heterocycles. The fourth-order valence-corrected chi connectivity index (χ4v) is 3.43. The molecule has 23 heavy (non-hydrogen) atoms. The number of esters is 1. The standard InChI is InChI=1S/C19H24N2O2/c1-4-13(2)12-21-10-9-15-14-7-5-6-8-16(14)20-19(15)17(21)11-18(22)23-3/h5-8,17,20H,2,4,9-12H2,1,3H3. The van der Waals surface area contributed by atoms with Crippen LogP contribution in [0.25, 0.3) is 10.9 Å². The normalized spacial score (nSPS) is 17.9. The minimum absolute atomic E-state index is 0.0295. The molecular weight excluding hydrogens is 288 g/mol. The zero-order valence-corrected chi connectivity index (χ0v) is 13.9. The first-order chi connectivity index (χ1) is 11.1. The molecule has 0 saturated carbocycles. The fraction of sp³-hybridized carbons (Fsp3) is 0.421. The van der Waals surface area contributed by atoms with Crippen molar-refractivity contribution >= 4 is 16.9 Å². The molecule has 0 amide bonds. The van der Waals surface area contributed by atoms with Crippen LogP contribution < -0.4 is 0 Å². The van der Waals surface area contributed by atoms with Crippen molar-refractivity contribution < 1.29 is 9.53 Å². The van der Waals surface area contributed by atoms with Crippen molar-refractivity contribution in [3.05, 3.63) is 47.7 Å². The smallest absolute Gasteiger partial charge is 0.307 e. The van der Waals surface area contributed by atoms with E-state index in [4.69, 9.17) is 4.74 Å². The molecular formula is C19H24N2O2. The SMILES string of the molecule is C=C(CC)CN1CCc2c([nH]c3ccccc23)C1CC(=O)OC. The quantitative estimate of drug-likeness (QED) is 0.678. The van der Waals surface area contributed by atoms with E-state index >= 15 is 0 Å². The van der Waals surface area contributed by atoms with Crippen LogP contribution in [0.5, 0.6) is 0 Å². The molecule has 4 heteroatoms. The molecule has 122 valence electrons. The zero-order chi connectivity index (χ0) is 16.4. The van der Waals surface area contributed by atoms with Gasteiger partial charge >= 0.3 is 5.97 Å². The van der Waals surface area contributed by atoms with Gasteiger partial charge < -0.3 is 9.72 Å². The van der Waals surface area contributed by atoms with E-state index in [0.29, 0.717) is 6.42 Å². The highest BCUT2D eigenvalue weighted by molar-refractivity contribution is 5.85. The lowest BCUT2D eigenvalue weighted by Gasteiger charge is -2.35. The van der Waals surface area contributed by atoms with Crippen molar-refractivity contribution in [1.82, 2.24) is 9.88 Å². The van der Waals surface area contributed by atoms with Gasteiger partial charge in [0.05, 0.1) is 19.6 Å². The Morgan fingerprint density at radius 3 is 2.96 bits per heavy atom. The molecule has 2 heterocycles. The number of H-pyrrole nitrogens is 1. The van der Waals surface area contributed by atoms with Crippen molar-refractivity contribution in [2.75, 3.05) is 20.2 Å². The number of aromatic amines is 1. The third-order valence-electron chi connectivity index (χ3n) is 4.78. The lowest BCUT2D eigenvalue weighted by molar-refractivity contribution is -0.142. The second kappa shape index (κ2) is 6.59. The van der Waals surface area contributed by atoms with Gasteiger partial charge in [-0.05, 0) is 24.5 Å². The van der Waals surface area contributed by atoms with E-state index < -0.39 is 0 Å². The lowest BCUT2D eigenvalue weighted by Crippen LogP contribution is -2.38. The summed E-state index contributed by atoms with van der Waals surface area (Å²) in [5, 5.41) is 1.27. The van der Waals surface area contributed by atoms with Crippen LogP contribution in [0.2, 0.25) is 0 Å². The maximum atomic E-state index is 11.9. The molecule has 1 N–H and O–H groups in total. The second-order valence-electron chi connectivity index (χ2n) is 6.18. The molecule has 1 unspecified atom stereocenters. The van der Waals surface area contributed by atoms with E-state index in [2.05, 4.69) is 41.6 Å². The maximum Gasteiger partial charge on any atom is 0.307 e. The second-order valence-corrected chi connectivity index (χ2v) is 6.18. The molecule has 0 bridgehead atoms. The average molecular weight is 312 g/mol. The molecule has 1 aliphatic rings. The minimum Gasteiger partial charge on any atom is -0.469 e. The zero-order valence-electron chi connectivity index (χ0n) is 13.9. The van der Waals surface area contributed by atoms with E-state index in [9.17, 15) is 4.79 Å². The number of carbonyl (C=O) groups is 1. The number of para-hydroxylation sites is 1. The molecule has 1 atom stereocenters. The van der Waals surface area contributed by atoms with Crippen LogP contribution in [-0.4, -0.2) is 36.1 Å². The Bertz CT molecular complexity index is 732. The van der Waals surface area contributed by atoms with E-state index in [-0.39, 0.29) is 12.0 Å². The molecule has 2 aromatic rings. The van der Waals surface area contributed by atoms with E-state index in [1.54, 1.807) is 0 Å². The molecule has 0 saturated heterocycles. The van der Waals surface area contributed by atoms with Crippen molar-refractivity contribution in [3.8, 4) is 0 Å². The number of benzene rings is 1. The molecule has 0 radical (unpaired) electrons. The Morgan fingerprint density at radius 1 is 1.43 bits per heavy atom. The van der Waals surface area contributed by atoms with Gasteiger partial charge in [0.1, 0.15) is 0 Å². The summed E-state index contributed by atoms with van der Waals surface area (Å²) in [6, 6.07) is 8.38. The van der Waals surface area contributed by atoms with Crippen LogP contribution in [0.4, 0.5) is 0 Å². The topological polar surface area (TPSA) is 45.3 Å². The number of methoxy groups -OCH3 is 1. The molecule has 0 spiro atoms. The van der Waals surface area contributed by atoms with Crippen LogP contribution in [-0.2, 0) is 16.0 Å². The van der Waals surface area contributed by atoms with Crippen molar-refractivity contribution in [3.63, 3.8) is 0 Å². The monoisotopic (exact) mass is 312 g/mol. The van der Waals surface area contributed by atoms with Crippen LogP contribution >= 0.6 is 0 Å². The molecule has 0 aliphatic carbocycles. The molecule has 1 aromatic heterocycles. The summed E-state index contributed by atoms with van der Waals surface area (Å²) in [7, 11) is 1.45. The number of hydrogen-bond acceptors (Lipinski definition) is 3. The molecule has 0 fully saturated rings. The highest BCUT2D eigenvalue weighted by atomic mass is 16.5. The Kier molecular flexibility index (Phi) is 4.53. The highest BCUT2D eigenvalue weighted by Gasteiger charge is 2.32. The number of hydrogen-bond donors (Lipinski definition) is 1. The van der Waals surface area contributed by atoms with Crippen molar-refractivity contribution in [2.45, 2.75) is 32.2 Å². The first-order valence-corrected chi connectivity index (χ1v) is 8.21. The fourth-order valence-electron chi connectivity index (χ4n) is 3.43. The number of aromatic nitrogens is 1. The lowest BCUT2D eigenvalue weighted by atomic mass is 9.94.